The van der Waals surface area contributed by atoms with E-state index in [2.05, 4.69) is 32.3 Å². The minimum atomic E-state index is -4.81. The van der Waals surface area contributed by atoms with E-state index in [1.54, 1.807) is 6.20 Å². The minimum Gasteiger partial charge on any atom is -0.489 e. The molecule has 13 heteroatoms. The molecule has 0 bridgehead atoms. The van der Waals surface area contributed by atoms with Crippen LogP contribution < -0.4 is 20.3 Å². The Hall–Kier alpha value is -3.35. The Balaban J connectivity index is 1.27. The fourth-order valence-corrected chi connectivity index (χ4v) is 5.21. The number of alkyl halides is 3. The molecule has 0 atom stereocenters. The zero-order chi connectivity index (χ0) is 28.0. The molecular formula is C26H33F3N6O3S. The first-order valence-corrected chi connectivity index (χ1v) is 13.6. The van der Waals surface area contributed by atoms with Gasteiger partial charge in [-0.05, 0) is 56.5 Å². The molecule has 0 spiro atoms. The molecule has 9 nitrogen and oxygen atoms in total. The van der Waals surface area contributed by atoms with Gasteiger partial charge in [0.15, 0.2) is 5.11 Å². The van der Waals surface area contributed by atoms with Crippen molar-refractivity contribution < 1.29 is 22.8 Å². The standard InChI is InChI=1S/C26H33F3N6O3S/c1-2-9-31-25(39)34-12-10-33(11-13-34)20-15-22(17-30-16-20)38-21-6-3-18(4-7-21)32-19-5-8-24(35(36)37)23(14-19)26(27,28)29/h5,8,14-18,21,32H,2-4,6-7,9-13H2,1H3,(H,31,39). The van der Waals surface area contributed by atoms with Crippen molar-refractivity contribution in [1.29, 1.82) is 0 Å². The number of pyridine rings is 1. The number of nitro benzene ring substituents is 1. The predicted molar refractivity (Wildman–Crippen MR) is 147 cm³/mol. The van der Waals surface area contributed by atoms with Crippen LogP contribution in [-0.4, -0.2) is 64.8 Å². The summed E-state index contributed by atoms with van der Waals surface area (Å²) >= 11 is 5.48. The van der Waals surface area contributed by atoms with Gasteiger partial charge < -0.3 is 25.2 Å². The zero-order valence-electron chi connectivity index (χ0n) is 21.7. The van der Waals surface area contributed by atoms with Crippen molar-refractivity contribution in [3.05, 3.63) is 52.3 Å². The highest BCUT2D eigenvalue weighted by atomic mass is 32.1. The molecule has 2 N–H and O–H groups in total. The van der Waals surface area contributed by atoms with Gasteiger partial charge in [-0.15, -0.1) is 0 Å². The Morgan fingerprint density at radius 2 is 1.87 bits per heavy atom. The second-order valence-corrected chi connectivity index (χ2v) is 10.2. The smallest absolute Gasteiger partial charge is 0.423 e. The number of anilines is 2. The number of nitro groups is 1. The topological polar surface area (TPSA) is 95.8 Å². The summed E-state index contributed by atoms with van der Waals surface area (Å²) in [6, 6.07) is 4.98. The Kier molecular flexibility index (Phi) is 9.31. The number of benzene rings is 1. The summed E-state index contributed by atoms with van der Waals surface area (Å²) in [7, 11) is 0. The van der Waals surface area contributed by atoms with Gasteiger partial charge in [-0.2, -0.15) is 13.2 Å². The number of piperazine rings is 1. The monoisotopic (exact) mass is 566 g/mol. The molecule has 1 saturated heterocycles. The number of nitrogens with one attached hydrogen (secondary N) is 2. The molecule has 2 aliphatic rings. The van der Waals surface area contributed by atoms with E-state index in [4.69, 9.17) is 17.0 Å². The van der Waals surface area contributed by atoms with Gasteiger partial charge in [-0.1, -0.05) is 6.92 Å². The van der Waals surface area contributed by atoms with Crippen molar-refractivity contribution in [2.45, 2.75) is 57.3 Å². The van der Waals surface area contributed by atoms with E-state index in [0.717, 1.165) is 74.9 Å². The number of rotatable bonds is 8. The van der Waals surface area contributed by atoms with Crippen LogP contribution in [-0.2, 0) is 6.18 Å². The highest BCUT2D eigenvalue weighted by Gasteiger charge is 2.38. The number of hydrogen-bond acceptors (Lipinski definition) is 7. The summed E-state index contributed by atoms with van der Waals surface area (Å²) in [4.78, 5) is 18.8. The summed E-state index contributed by atoms with van der Waals surface area (Å²) in [5, 5.41) is 18.2. The van der Waals surface area contributed by atoms with Crippen LogP contribution >= 0.6 is 12.2 Å². The highest BCUT2D eigenvalue weighted by molar-refractivity contribution is 7.80. The van der Waals surface area contributed by atoms with Crippen LogP contribution in [0.2, 0.25) is 0 Å². The quantitative estimate of drug-likeness (QED) is 0.253. The van der Waals surface area contributed by atoms with Crippen LogP contribution in [0.15, 0.2) is 36.7 Å². The van der Waals surface area contributed by atoms with Crippen molar-refractivity contribution in [3.63, 3.8) is 0 Å². The lowest BCUT2D eigenvalue weighted by Crippen LogP contribution is -2.51. The number of hydrogen-bond donors (Lipinski definition) is 2. The van der Waals surface area contributed by atoms with Gasteiger partial charge >= 0.3 is 6.18 Å². The second-order valence-electron chi connectivity index (χ2n) is 9.81. The maximum absolute atomic E-state index is 13.3. The normalized spacial score (nSPS) is 19.9. The van der Waals surface area contributed by atoms with Crippen LogP contribution in [0.4, 0.5) is 30.2 Å². The van der Waals surface area contributed by atoms with Gasteiger partial charge in [-0.25, -0.2) is 0 Å². The molecule has 4 rings (SSSR count). The lowest BCUT2D eigenvalue weighted by molar-refractivity contribution is -0.388. The molecule has 2 aromatic rings. The van der Waals surface area contributed by atoms with Gasteiger partial charge in [0.05, 0.1) is 29.1 Å². The molecular weight excluding hydrogens is 533 g/mol. The van der Waals surface area contributed by atoms with E-state index in [1.807, 2.05) is 12.3 Å². The fourth-order valence-electron chi connectivity index (χ4n) is 4.92. The highest BCUT2D eigenvalue weighted by Crippen LogP contribution is 2.38. The number of thiocarbonyl (C=S) groups is 1. The summed E-state index contributed by atoms with van der Waals surface area (Å²) in [6.07, 6.45) is 2.57. The van der Waals surface area contributed by atoms with E-state index in [0.29, 0.717) is 18.6 Å². The van der Waals surface area contributed by atoms with E-state index in [-0.39, 0.29) is 17.8 Å². The third kappa shape index (κ3) is 7.61. The first-order chi connectivity index (χ1) is 18.6. The van der Waals surface area contributed by atoms with Crippen molar-refractivity contribution >= 4 is 34.4 Å². The Morgan fingerprint density at radius 3 is 2.51 bits per heavy atom. The van der Waals surface area contributed by atoms with Crippen LogP contribution in [0.25, 0.3) is 0 Å². The van der Waals surface area contributed by atoms with Crippen molar-refractivity contribution in [3.8, 4) is 5.75 Å². The third-order valence-electron chi connectivity index (χ3n) is 7.00. The Bertz CT molecular complexity index is 1150. The molecule has 1 saturated carbocycles. The van der Waals surface area contributed by atoms with E-state index in [9.17, 15) is 23.3 Å². The number of nitrogens with zero attached hydrogens (tertiary/aromatic N) is 4. The van der Waals surface area contributed by atoms with Gasteiger partial charge in [0.25, 0.3) is 5.69 Å². The second kappa shape index (κ2) is 12.7. The summed E-state index contributed by atoms with van der Waals surface area (Å²) in [5.74, 6) is 0.691. The van der Waals surface area contributed by atoms with Crippen molar-refractivity contribution in [2.75, 3.05) is 42.9 Å². The van der Waals surface area contributed by atoms with Gasteiger partial charge in [0.1, 0.15) is 11.3 Å². The number of halogens is 3. The molecule has 1 aliphatic carbocycles. The Labute approximate surface area is 230 Å². The summed E-state index contributed by atoms with van der Waals surface area (Å²) < 4.78 is 46.1. The van der Waals surface area contributed by atoms with Crippen LogP contribution in [0, 0.1) is 10.1 Å². The maximum Gasteiger partial charge on any atom is 0.423 e. The zero-order valence-corrected chi connectivity index (χ0v) is 22.6. The predicted octanol–water partition coefficient (Wildman–Crippen LogP) is 5.22. The first-order valence-electron chi connectivity index (χ1n) is 13.2. The minimum absolute atomic E-state index is 0.0263. The molecule has 0 amide bonds. The molecule has 2 fully saturated rings. The first kappa shape index (κ1) is 28.7. The maximum atomic E-state index is 13.3. The number of ether oxygens (including phenoxy) is 1. The molecule has 2 heterocycles. The molecule has 1 aromatic heterocycles. The fraction of sp³-hybridized carbons (Fsp3) is 0.538. The average molecular weight is 567 g/mol. The molecule has 0 unspecified atom stereocenters. The van der Waals surface area contributed by atoms with Crippen molar-refractivity contribution in [2.24, 2.45) is 0 Å². The Morgan fingerprint density at radius 1 is 1.15 bits per heavy atom. The summed E-state index contributed by atoms with van der Waals surface area (Å²) in [5.41, 5.74) is -0.987. The molecule has 212 valence electrons. The van der Waals surface area contributed by atoms with Crippen LogP contribution in [0.3, 0.4) is 0 Å². The molecule has 0 radical (unpaired) electrons. The molecule has 1 aromatic carbocycles. The van der Waals surface area contributed by atoms with E-state index in [1.165, 1.54) is 6.07 Å². The molecule has 39 heavy (non-hydrogen) atoms. The van der Waals surface area contributed by atoms with Gasteiger partial charge in [0.2, 0.25) is 0 Å². The largest absolute Gasteiger partial charge is 0.489 e. The summed E-state index contributed by atoms with van der Waals surface area (Å²) in [6.45, 7) is 6.29. The third-order valence-corrected chi connectivity index (χ3v) is 7.41. The van der Waals surface area contributed by atoms with Crippen LogP contribution in [0.5, 0.6) is 5.75 Å². The lowest BCUT2D eigenvalue weighted by atomic mass is 9.92. The average Bonchev–Trinajstić information content (AvgIpc) is 2.92. The van der Waals surface area contributed by atoms with Gasteiger partial charge in [-0.3, -0.25) is 15.1 Å². The number of aromatic nitrogens is 1. The lowest BCUT2D eigenvalue weighted by Gasteiger charge is -2.37. The van der Waals surface area contributed by atoms with E-state index >= 15 is 0 Å². The van der Waals surface area contributed by atoms with Crippen molar-refractivity contribution in [1.82, 2.24) is 15.2 Å². The van der Waals surface area contributed by atoms with E-state index < -0.39 is 22.4 Å². The van der Waals surface area contributed by atoms with Gasteiger partial charge in [0, 0.05) is 56.6 Å². The SMILES string of the molecule is CCCNC(=S)N1CCN(c2cncc(OC3CCC(Nc4ccc([N+](=O)[O-])c(C(F)(F)F)c4)CC3)c2)CC1. The van der Waals surface area contributed by atoms with Crippen LogP contribution in [0.1, 0.15) is 44.6 Å². The molecule has 1 aliphatic heterocycles.